The summed E-state index contributed by atoms with van der Waals surface area (Å²) in [5.74, 6) is -0.803. The van der Waals surface area contributed by atoms with Crippen molar-refractivity contribution in [3.8, 4) is 17.0 Å². The van der Waals surface area contributed by atoms with Crippen molar-refractivity contribution in [1.82, 2.24) is 9.78 Å². The van der Waals surface area contributed by atoms with E-state index in [1.54, 1.807) is 6.07 Å². The summed E-state index contributed by atoms with van der Waals surface area (Å²) in [5.41, 5.74) is 0.200. The lowest BCUT2D eigenvalue weighted by Gasteiger charge is -2.14. The summed E-state index contributed by atoms with van der Waals surface area (Å²) in [6, 6.07) is 5.74. The summed E-state index contributed by atoms with van der Waals surface area (Å²) in [6.07, 6.45) is 4.32. The van der Waals surface area contributed by atoms with E-state index in [1.165, 1.54) is 37.1 Å². The number of nitrogens with zero attached hydrogens (tertiary/aromatic N) is 2. The maximum atomic E-state index is 14.1. The molecule has 1 heterocycles. The predicted octanol–water partition coefficient (Wildman–Crippen LogP) is 3.03. The molecular weight excluding hydrogens is 339 g/mol. The minimum absolute atomic E-state index is 0.105. The second-order valence-corrected chi connectivity index (χ2v) is 6.42. The van der Waals surface area contributed by atoms with E-state index in [1.807, 2.05) is 0 Å². The van der Waals surface area contributed by atoms with Crippen LogP contribution in [0.1, 0.15) is 36.0 Å². The molecule has 1 aliphatic carbocycles. The van der Waals surface area contributed by atoms with Crippen LogP contribution >= 0.6 is 0 Å². The number of esters is 1. The van der Waals surface area contributed by atoms with Gasteiger partial charge in [-0.05, 0) is 43.0 Å². The highest BCUT2D eigenvalue weighted by Gasteiger charge is 2.21. The van der Waals surface area contributed by atoms with Crippen molar-refractivity contribution in [1.29, 1.82) is 0 Å². The molecule has 1 aromatic heterocycles. The molecule has 0 amide bonds. The van der Waals surface area contributed by atoms with E-state index >= 15 is 0 Å². The van der Waals surface area contributed by atoms with Crippen LogP contribution in [-0.2, 0) is 11.3 Å². The molecule has 7 heteroatoms. The third-order valence-electron chi connectivity index (χ3n) is 4.73. The fourth-order valence-electron chi connectivity index (χ4n) is 3.33. The van der Waals surface area contributed by atoms with Crippen molar-refractivity contribution in [3.63, 3.8) is 0 Å². The molecular formula is C19H21FN2O4. The number of rotatable bonds is 5. The third kappa shape index (κ3) is 3.61. The summed E-state index contributed by atoms with van der Waals surface area (Å²) >= 11 is 0. The molecule has 1 saturated carbocycles. The first-order chi connectivity index (χ1) is 12.5. The largest absolute Gasteiger partial charge is 0.494 e. The molecule has 0 unspecified atom stereocenters. The lowest BCUT2D eigenvalue weighted by Crippen LogP contribution is -2.31. The Morgan fingerprint density at radius 1 is 1.27 bits per heavy atom. The number of aromatic nitrogens is 2. The van der Waals surface area contributed by atoms with Crippen molar-refractivity contribution >= 4 is 5.97 Å². The van der Waals surface area contributed by atoms with Gasteiger partial charge in [-0.15, -0.1) is 0 Å². The fourth-order valence-corrected chi connectivity index (χ4v) is 3.33. The van der Waals surface area contributed by atoms with Crippen LogP contribution in [0.2, 0.25) is 0 Å². The zero-order valence-electron chi connectivity index (χ0n) is 14.8. The van der Waals surface area contributed by atoms with Gasteiger partial charge in [0.25, 0.3) is 5.56 Å². The molecule has 1 aromatic carbocycles. The van der Waals surface area contributed by atoms with E-state index in [0.717, 1.165) is 25.7 Å². The molecule has 1 fully saturated rings. The monoisotopic (exact) mass is 360 g/mol. The molecule has 0 N–H and O–H groups in total. The number of ether oxygens (including phenoxy) is 2. The number of hydrogen-bond acceptors (Lipinski definition) is 5. The van der Waals surface area contributed by atoms with Crippen LogP contribution in [-0.4, -0.2) is 30.0 Å². The number of halogens is 1. The van der Waals surface area contributed by atoms with Crippen molar-refractivity contribution in [3.05, 3.63) is 46.0 Å². The third-order valence-corrected chi connectivity index (χ3v) is 4.73. The van der Waals surface area contributed by atoms with E-state index in [4.69, 9.17) is 9.47 Å². The van der Waals surface area contributed by atoms with Gasteiger partial charge in [-0.2, -0.15) is 5.10 Å². The van der Waals surface area contributed by atoms with Gasteiger partial charge < -0.3 is 9.47 Å². The maximum absolute atomic E-state index is 14.1. The van der Waals surface area contributed by atoms with Crippen molar-refractivity contribution < 1.29 is 18.7 Å². The Morgan fingerprint density at radius 3 is 2.62 bits per heavy atom. The highest BCUT2D eigenvalue weighted by molar-refractivity contribution is 5.90. The first-order valence-corrected chi connectivity index (χ1v) is 8.58. The lowest BCUT2D eigenvalue weighted by molar-refractivity contribution is 0.0597. The molecule has 2 aromatic rings. The van der Waals surface area contributed by atoms with E-state index < -0.39 is 17.3 Å². The average Bonchev–Trinajstić information content (AvgIpc) is 3.15. The Hall–Kier alpha value is -2.70. The smallest absolute Gasteiger partial charge is 0.343 e. The summed E-state index contributed by atoms with van der Waals surface area (Å²) in [6.45, 7) is 0.440. The minimum Gasteiger partial charge on any atom is -0.494 e. The first kappa shape index (κ1) is 18.1. The van der Waals surface area contributed by atoms with Crippen molar-refractivity contribution in [2.45, 2.75) is 32.2 Å². The number of methoxy groups -OCH3 is 2. The number of hydrogen-bond donors (Lipinski definition) is 0. The number of benzene rings is 1. The predicted molar refractivity (Wildman–Crippen MR) is 93.7 cm³/mol. The quantitative estimate of drug-likeness (QED) is 0.767. The zero-order chi connectivity index (χ0) is 18.7. The van der Waals surface area contributed by atoms with E-state index in [2.05, 4.69) is 5.10 Å². The normalized spacial score (nSPS) is 14.4. The molecule has 0 saturated heterocycles. The molecule has 1 aliphatic rings. The maximum Gasteiger partial charge on any atom is 0.343 e. The summed E-state index contributed by atoms with van der Waals surface area (Å²) in [4.78, 5) is 24.6. The number of carbonyl (C=O) groups excluding carboxylic acids is 1. The Kier molecular flexibility index (Phi) is 5.35. The van der Waals surface area contributed by atoms with E-state index in [-0.39, 0.29) is 11.3 Å². The number of carbonyl (C=O) groups is 1. The van der Waals surface area contributed by atoms with Gasteiger partial charge in [0, 0.05) is 12.1 Å². The molecule has 0 radical (unpaired) electrons. The molecule has 0 bridgehead atoms. The summed E-state index contributed by atoms with van der Waals surface area (Å²) < 4.78 is 25.0. The van der Waals surface area contributed by atoms with Crippen LogP contribution in [0, 0.1) is 11.7 Å². The van der Waals surface area contributed by atoms with Gasteiger partial charge in [-0.1, -0.05) is 12.8 Å². The van der Waals surface area contributed by atoms with Crippen LogP contribution in [0.15, 0.2) is 29.1 Å². The van der Waals surface area contributed by atoms with Crippen molar-refractivity contribution in [2.24, 2.45) is 5.92 Å². The molecule has 138 valence electrons. The second kappa shape index (κ2) is 7.68. The van der Waals surface area contributed by atoms with Crippen LogP contribution in [0.25, 0.3) is 11.3 Å². The molecule has 0 spiro atoms. The molecule has 26 heavy (non-hydrogen) atoms. The Balaban J connectivity index is 2.07. The average molecular weight is 360 g/mol. The zero-order valence-corrected chi connectivity index (χ0v) is 14.8. The van der Waals surface area contributed by atoms with Gasteiger partial charge >= 0.3 is 5.97 Å². The topological polar surface area (TPSA) is 70.4 Å². The van der Waals surface area contributed by atoms with Crippen LogP contribution in [0.3, 0.4) is 0 Å². The van der Waals surface area contributed by atoms with E-state index in [0.29, 0.717) is 23.7 Å². The fraction of sp³-hybridized carbons (Fsp3) is 0.421. The molecule has 3 rings (SSSR count). The molecule has 0 atom stereocenters. The highest BCUT2D eigenvalue weighted by atomic mass is 19.1. The van der Waals surface area contributed by atoms with Gasteiger partial charge in [0.05, 0.1) is 19.9 Å². The van der Waals surface area contributed by atoms with Crippen LogP contribution in [0.4, 0.5) is 4.39 Å². The molecule has 0 aliphatic heterocycles. The van der Waals surface area contributed by atoms with Crippen molar-refractivity contribution in [2.75, 3.05) is 14.2 Å². The SMILES string of the molecule is COC(=O)c1cc(-c2ccc(OC)c(F)c2)nn(CC2CCCC2)c1=O. The Morgan fingerprint density at radius 2 is 2.00 bits per heavy atom. The van der Waals surface area contributed by atoms with Gasteiger partial charge in [0.1, 0.15) is 5.56 Å². The molecule has 6 nitrogen and oxygen atoms in total. The van der Waals surface area contributed by atoms with Gasteiger partial charge in [0.2, 0.25) is 0 Å². The Bertz CT molecular complexity index is 872. The lowest BCUT2D eigenvalue weighted by atomic mass is 10.1. The van der Waals surface area contributed by atoms with Crippen LogP contribution < -0.4 is 10.3 Å². The summed E-state index contributed by atoms with van der Waals surface area (Å²) in [5, 5.41) is 4.37. The van der Waals surface area contributed by atoms with Gasteiger partial charge in [-0.25, -0.2) is 13.9 Å². The summed E-state index contributed by atoms with van der Waals surface area (Å²) in [7, 11) is 2.60. The van der Waals surface area contributed by atoms with Gasteiger partial charge in [0.15, 0.2) is 11.6 Å². The first-order valence-electron chi connectivity index (χ1n) is 8.58. The van der Waals surface area contributed by atoms with Crippen LogP contribution in [0.5, 0.6) is 5.75 Å². The minimum atomic E-state index is -0.729. The highest BCUT2D eigenvalue weighted by Crippen LogP contribution is 2.27. The standard InChI is InChI=1S/C19H21FN2O4/c1-25-17-8-7-13(9-15(17)20)16-10-14(19(24)26-2)18(23)22(21-16)11-12-5-3-4-6-12/h7-10,12H,3-6,11H2,1-2H3. The Labute approximate surface area is 150 Å². The van der Waals surface area contributed by atoms with Gasteiger partial charge in [-0.3, -0.25) is 4.79 Å². The van der Waals surface area contributed by atoms with E-state index in [9.17, 15) is 14.0 Å². The second-order valence-electron chi connectivity index (χ2n) is 6.42.